The number of rotatable bonds is 4. The first-order chi connectivity index (χ1) is 10.7. The van der Waals surface area contributed by atoms with Crippen LogP contribution in [0.25, 0.3) is 0 Å². The second-order valence-electron chi connectivity index (χ2n) is 6.02. The second kappa shape index (κ2) is 6.34. The van der Waals surface area contributed by atoms with E-state index < -0.39 is 0 Å². The summed E-state index contributed by atoms with van der Waals surface area (Å²) in [7, 11) is 0. The van der Waals surface area contributed by atoms with Crippen LogP contribution in [-0.4, -0.2) is 15.7 Å². The molecule has 3 rings (SSSR count). The molecule has 0 saturated carbocycles. The minimum Gasteiger partial charge on any atom is -0.324 e. The molecule has 1 N–H and O–H groups in total. The van der Waals surface area contributed by atoms with Gasteiger partial charge in [0.15, 0.2) is 0 Å². The van der Waals surface area contributed by atoms with E-state index in [9.17, 15) is 4.79 Å². The molecule has 1 aliphatic rings. The predicted octanol–water partition coefficient (Wildman–Crippen LogP) is 3.27. The molecule has 1 aromatic carbocycles. The van der Waals surface area contributed by atoms with Crippen LogP contribution in [0.2, 0.25) is 0 Å². The van der Waals surface area contributed by atoms with Gasteiger partial charge in [0.2, 0.25) is 5.91 Å². The Bertz CT molecular complexity index is 664. The zero-order valence-corrected chi connectivity index (χ0v) is 13.4. The fraction of sp³-hybridized carbons (Fsp3) is 0.444. The van der Waals surface area contributed by atoms with E-state index in [0.29, 0.717) is 0 Å². The minimum atomic E-state index is -0.0103. The maximum absolute atomic E-state index is 12.3. The van der Waals surface area contributed by atoms with Gasteiger partial charge in [0.25, 0.3) is 0 Å². The molecular weight excluding hydrogens is 274 g/mol. The van der Waals surface area contributed by atoms with E-state index in [1.807, 2.05) is 25.3 Å². The van der Waals surface area contributed by atoms with E-state index in [2.05, 4.69) is 23.4 Å². The number of anilines is 1. The van der Waals surface area contributed by atoms with E-state index in [1.165, 1.54) is 29.7 Å². The molecule has 0 saturated heterocycles. The Labute approximate surface area is 131 Å². The third kappa shape index (κ3) is 3.06. The van der Waals surface area contributed by atoms with E-state index in [-0.39, 0.29) is 12.5 Å². The van der Waals surface area contributed by atoms with Crippen LogP contribution in [0.5, 0.6) is 0 Å². The molecule has 22 heavy (non-hydrogen) atoms. The summed E-state index contributed by atoms with van der Waals surface area (Å²) < 4.78 is 1.79. The lowest BCUT2D eigenvalue weighted by Gasteiger charge is -2.13. The average Bonchev–Trinajstić information content (AvgIpc) is 2.91. The number of benzene rings is 1. The van der Waals surface area contributed by atoms with Crippen LogP contribution in [0, 0.1) is 6.92 Å². The van der Waals surface area contributed by atoms with Gasteiger partial charge in [0, 0.05) is 11.9 Å². The maximum Gasteiger partial charge on any atom is 0.246 e. The van der Waals surface area contributed by atoms with Crippen molar-refractivity contribution >= 4 is 11.6 Å². The van der Waals surface area contributed by atoms with Crippen molar-refractivity contribution in [2.24, 2.45) is 0 Å². The predicted molar refractivity (Wildman–Crippen MR) is 88.1 cm³/mol. The number of carbonyl (C=O) groups is 1. The number of aromatic nitrogens is 2. The Balaban J connectivity index is 1.72. The van der Waals surface area contributed by atoms with Gasteiger partial charge >= 0.3 is 0 Å². The van der Waals surface area contributed by atoms with Gasteiger partial charge in [-0.15, -0.1) is 0 Å². The van der Waals surface area contributed by atoms with Crippen LogP contribution in [0.1, 0.15) is 42.1 Å². The van der Waals surface area contributed by atoms with Crippen LogP contribution in [0.15, 0.2) is 24.4 Å². The van der Waals surface area contributed by atoms with Gasteiger partial charge in [-0.2, -0.15) is 5.10 Å². The summed E-state index contributed by atoms with van der Waals surface area (Å²) in [5.74, 6) is -0.0103. The highest BCUT2D eigenvalue weighted by atomic mass is 16.2. The van der Waals surface area contributed by atoms with E-state index in [4.69, 9.17) is 0 Å². The molecule has 1 heterocycles. The third-order valence-corrected chi connectivity index (χ3v) is 4.34. The van der Waals surface area contributed by atoms with Crippen molar-refractivity contribution in [3.8, 4) is 0 Å². The van der Waals surface area contributed by atoms with Gasteiger partial charge < -0.3 is 5.32 Å². The van der Waals surface area contributed by atoms with Gasteiger partial charge in [0.1, 0.15) is 6.54 Å². The van der Waals surface area contributed by atoms with E-state index in [1.54, 1.807) is 4.68 Å². The second-order valence-corrected chi connectivity index (χ2v) is 6.02. The van der Waals surface area contributed by atoms with Gasteiger partial charge in [-0.05, 0) is 55.7 Å². The van der Waals surface area contributed by atoms with Crippen LogP contribution in [-0.2, 0) is 30.6 Å². The molecule has 0 atom stereocenters. The third-order valence-electron chi connectivity index (χ3n) is 4.34. The van der Waals surface area contributed by atoms with Crippen LogP contribution in [0.4, 0.5) is 5.69 Å². The summed E-state index contributed by atoms with van der Waals surface area (Å²) >= 11 is 0. The van der Waals surface area contributed by atoms with Crippen molar-refractivity contribution in [1.82, 2.24) is 9.78 Å². The molecule has 0 spiro atoms. The zero-order valence-electron chi connectivity index (χ0n) is 13.4. The number of nitrogens with one attached hydrogen (secondary N) is 1. The summed E-state index contributed by atoms with van der Waals surface area (Å²) in [4.78, 5) is 12.3. The van der Waals surface area contributed by atoms with Crippen LogP contribution in [0.3, 0.4) is 0 Å². The van der Waals surface area contributed by atoms with Crippen LogP contribution >= 0.6 is 0 Å². The van der Waals surface area contributed by atoms with Crippen molar-refractivity contribution in [2.75, 3.05) is 5.32 Å². The molecule has 0 aliphatic heterocycles. The van der Waals surface area contributed by atoms with Crippen molar-refractivity contribution in [3.63, 3.8) is 0 Å². The topological polar surface area (TPSA) is 46.9 Å². The summed E-state index contributed by atoms with van der Waals surface area (Å²) in [5, 5.41) is 7.61. The lowest BCUT2D eigenvalue weighted by molar-refractivity contribution is -0.116. The first-order valence-electron chi connectivity index (χ1n) is 8.11. The number of hydrogen-bond acceptors (Lipinski definition) is 2. The molecule has 4 nitrogen and oxygen atoms in total. The molecule has 2 aromatic rings. The fourth-order valence-corrected chi connectivity index (χ4v) is 3.14. The minimum absolute atomic E-state index is 0.0103. The molecule has 0 bridgehead atoms. The number of para-hydroxylation sites is 1. The molecule has 116 valence electrons. The summed E-state index contributed by atoms with van der Waals surface area (Å²) in [5.41, 5.74) is 5.71. The SMILES string of the molecule is CCc1cccc(C)c1NC(=O)Cn1cc2c(n1)CCCC2. The molecule has 0 fully saturated rings. The molecule has 1 aromatic heterocycles. The number of fused-ring (bicyclic) bond motifs is 1. The Morgan fingerprint density at radius 1 is 1.32 bits per heavy atom. The van der Waals surface area contributed by atoms with Gasteiger partial charge in [-0.1, -0.05) is 25.1 Å². The largest absolute Gasteiger partial charge is 0.324 e. The molecular formula is C18H23N3O. The number of nitrogens with zero attached hydrogens (tertiary/aromatic N) is 2. The average molecular weight is 297 g/mol. The van der Waals surface area contributed by atoms with Gasteiger partial charge in [-0.25, -0.2) is 0 Å². The maximum atomic E-state index is 12.3. The fourth-order valence-electron chi connectivity index (χ4n) is 3.14. The number of amides is 1. The first-order valence-corrected chi connectivity index (χ1v) is 8.11. The Morgan fingerprint density at radius 3 is 2.91 bits per heavy atom. The summed E-state index contributed by atoms with van der Waals surface area (Å²) in [6.45, 7) is 4.41. The summed E-state index contributed by atoms with van der Waals surface area (Å²) in [6.07, 6.45) is 7.52. The van der Waals surface area contributed by atoms with Gasteiger partial charge in [-0.3, -0.25) is 9.48 Å². The number of aryl methyl sites for hydroxylation is 4. The van der Waals surface area contributed by atoms with Crippen molar-refractivity contribution < 1.29 is 4.79 Å². The van der Waals surface area contributed by atoms with E-state index in [0.717, 1.165) is 30.5 Å². The molecule has 1 aliphatic carbocycles. The number of hydrogen-bond donors (Lipinski definition) is 1. The Morgan fingerprint density at radius 2 is 2.14 bits per heavy atom. The van der Waals surface area contributed by atoms with Crippen LogP contribution < -0.4 is 5.32 Å². The lowest BCUT2D eigenvalue weighted by Crippen LogP contribution is -2.20. The molecule has 0 unspecified atom stereocenters. The normalized spacial score (nSPS) is 13.7. The monoisotopic (exact) mass is 297 g/mol. The Hall–Kier alpha value is -2.10. The Kier molecular flexibility index (Phi) is 4.27. The molecule has 0 radical (unpaired) electrons. The smallest absolute Gasteiger partial charge is 0.246 e. The standard InChI is InChI=1S/C18H23N3O/c1-3-14-9-6-7-13(2)18(14)19-17(22)12-21-11-15-8-4-5-10-16(15)20-21/h6-7,9,11H,3-5,8,10,12H2,1-2H3,(H,19,22). The highest BCUT2D eigenvalue weighted by molar-refractivity contribution is 5.92. The first kappa shape index (κ1) is 14.8. The highest BCUT2D eigenvalue weighted by Gasteiger charge is 2.15. The zero-order chi connectivity index (χ0) is 15.5. The van der Waals surface area contributed by atoms with Crippen molar-refractivity contribution in [3.05, 3.63) is 46.8 Å². The highest BCUT2D eigenvalue weighted by Crippen LogP contribution is 2.22. The van der Waals surface area contributed by atoms with E-state index >= 15 is 0 Å². The molecule has 4 heteroatoms. The number of carbonyl (C=O) groups excluding carboxylic acids is 1. The van der Waals surface area contributed by atoms with Crippen molar-refractivity contribution in [1.29, 1.82) is 0 Å². The summed E-state index contributed by atoms with van der Waals surface area (Å²) in [6, 6.07) is 6.13. The van der Waals surface area contributed by atoms with Crippen molar-refractivity contribution in [2.45, 2.75) is 52.5 Å². The lowest BCUT2D eigenvalue weighted by atomic mass is 9.99. The van der Waals surface area contributed by atoms with Gasteiger partial charge in [0.05, 0.1) is 5.69 Å². The molecule has 1 amide bonds. The quantitative estimate of drug-likeness (QED) is 0.941.